The normalized spacial score (nSPS) is 19.4. The molecule has 0 bridgehead atoms. The summed E-state index contributed by atoms with van der Waals surface area (Å²) in [6.07, 6.45) is 9.35. The first-order chi connectivity index (χ1) is 15.6. The molecule has 32 heavy (non-hydrogen) atoms. The number of benzene rings is 1. The van der Waals surface area contributed by atoms with Crippen molar-refractivity contribution in [2.45, 2.75) is 44.9 Å². The molecule has 1 aromatic heterocycles. The van der Waals surface area contributed by atoms with E-state index < -0.39 is 0 Å². The predicted molar refractivity (Wildman–Crippen MR) is 133 cm³/mol. The number of pyridine rings is 1. The second-order valence-electron chi connectivity index (χ2n) is 9.16. The molecule has 1 amide bonds. The van der Waals surface area contributed by atoms with Crippen LogP contribution in [0.5, 0.6) is 0 Å². The monoisotopic (exact) mass is 513 g/mol. The lowest BCUT2D eigenvalue weighted by molar-refractivity contribution is -0.133. The van der Waals surface area contributed by atoms with Crippen molar-refractivity contribution in [1.82, 2.24) is 14.8 Å². The molecule has 0 unspecified atom stereocenters. The third-order valence-corrected chi connectivity index (χ3v) is 7.72. The highest BCUT2D eigenvalue weighted by Crippen LogP contribution is 2.39. The Labute approximate surface area is 203 Å². The second kappa shape index (κ2) is 9.66. The first-order valence-corrected chi connectivity index (χ1v) is 12.9. The van der Waals surface area contributed by atoms with Crippen molar-refractivity contribution in [2.24, 2.45) is 0 Å². The van der Waals surface area contributed by atoms with Gasteiger partial charge in [-0.1, -0.05) is 29.7 Å². The van der Waals surface area contributed by atoms with Gasteiger partial charge in [0.2, 0.25) is 5.91 Å². The van der Waals surface area contributed by atoms with E-state index in [1.165, 1.54) is 47.1 Å². The fourth-order valence-electron chi connectivity index (χ4n) is 5.35. The van der Waals surface area contributed by atoms with Gasteiger partial charge in [0, 0.05) is 34.4 Å². The van der Waals surface area contributed by atoms with Crippen LogP contribution in [0.1, 0.15) is 54.5 Å². The van der Waals surface area contributed by atoms with Gasteiger partial charge in [-0.15, -0.1) is 0 Å². The third-order valence-electron chi connectivity index (χ3n) is 7.05. The van der Waals surface area contributed by atoms with E-state index in [0.29, 0.717) is 6.54 Å². The number of carbonyl (C=O) groups is 1. The van der Waals surface area contributed by atoms with Crippen LogP contribution in [0, 0.1) is 0 Å². The Bertz CT molecular complexity index is 996. The fraction of sp³-hybridized carbons (Fsp3) is 0.462. The van der Waals surface area contributed by atoms with Gasteiger partial charge in [-0.25, -0.2) is 0 Å². The number of likely N-dealkylation sites (tertiary alicyclic amines) is 2. The summed E-state index contributed by atoms with van der Waals surface area (Å²) in [5.41, 5.74) is 7.59. The minimum Gasteiger partial charge on any atom is -0.341 e. The highest BCUT2D eigenvalue weighted by atomic mass is 79.9. The number of hydrogen-bond acceptors (Lipinski definition) is 3. The van der Waals surface area contributed by atoms with Crippen molar-refractivity contribution < 1.29 is 4.79 Å². The maximum atomic E-state index is 12.9. The Hall–Kier alpha value is -1.69. The zero-order valence-electron chi connectivity index (χ0n) is 18.4. The van der Waals surface area contributed by atoms with Crippen LogP contribution in [0.4, 0.5) is 0 Å². The van der Waals surface area contributed by atoms with Gasteiger partial charge in [-0.2, -0.15) is 0 Å². The van der Waals surface area contributed by atoms with Crippen LogP contribution in [0.25, 0.3) is 5.57 Å². The van der Waals surface area contributed by atoms with E-state index in [4.69, 9.17) is 16.6 Å². The highest BCUT2D eigenvalue weighted by molar-refractivity contribution is 9.10. The van der Waals surface area contributed by atoms with Gasteiger partial charge in [0.05, 0.1) is 12.2 Å². The Morgan fingerprint density at radius 2 is 1.72 bits per heavy atom. The van der Waals surface area contributed by atoms with Crippen molar-refractivity contribution in [2.75, 3.05) is 32.7 Å². The van der Waals surface area contributed by atoms with Crippen LogP contribution in [0.2, 0.25) is 5.02 Å². The molecule has 0 atom stereocenters. The number of fused-ring (bicyclic) bond motifs is 2. The van der Waals surface area contributed by atoms with Crippen molar-refractivity contribution in [3.63, 3.8) is 0 Å². The van der Waals surface area contributed by atoms with Crippen LogP contribution in [-0.4, -0.2) is 53.4 Å². The van der Waals surface area contributed by atoms with E-state index >= 15 is 0 Å². The molecular formula is C26H29BrClN3O. The number of aryl methyl sites for hydroxylation is 2. The van der Waals surface area contributed by atoms with Gasteiger partial charge in [0.1, 0.15) is 0 Å². The van der Waals surface area contributed by atoms with Gasteiger partial charge in [-0.3, -0.25) is 14.7 Å². The maximum absolute atomic E-state index is 12.9. The molecule has 6 heteroatoms. The number of rotatable bonds is 2. The Morgan fingerprint density at radius 1 is 0.969 bits per heavy atom. The summed E-state index contributed by atoms with van der Waals surface area (Å²) in [4.78, 5) is 22.2. The number of aromatic nitrogens is 1. The largest absolute Gasteiger partial charge is 0.341 e. The summed E-state index contributed by atoms with van der Waals surface area (Å²) < 4.78 is 1.02. The Balaban J connectivity index is 1.42. The molecule has 2 saturated heterocycles. The number of halogens is 2. The van der Waals surface area contributed by atoms with E-state index in [9.17, 15) is 4.79 Å². The first kappa shape index (κ1) is 22.1. The molecule has 0 saturated carbocycles. The molecule has 1 aromatic carbocycles. The molecule has 2 aromatic rings. The fourth-order valence-corrected chi connectivity index (χ4v) is 5.92. The van der Waals surface area contributed by atoms with E-state index in [1.54, 1.807) is 0 Å². The number of hydrogen-bond donors (Lipinski definition) is 0. The predicted octanol–water partition coefficient (Wildman–Crippen LogP) is 5.51. The van der Waals surface area contributed by atoms with Gasteiger partial charge < -0.3 is 4.90 Å². The lowest BCUT2D eigenvalue weighted by Gasteiger charge is -2.33. The lowest BCUT2D eigenvalue weighted by atomic mass is 9.88. The minimum atomic E-state index is 0.284. The molecule has 2 aliphatic heterocycles. The molecule has 1 aliphatic carbocycles. The van der Waals surface area contributed by atoms with Gasteiger partial charge in [0.25, 0.3) is 0 Å². The molecule has 3 aliphatic rings. The Kier molecular flexibility index (Phi) is 6.68. The average molecular weight is 515 g/mol. The summed E-state index contributed by atoms with van der Waals surface area (Å²) >= 11 is 9.94. The van der Waals surface area contributed by atoms with Crippen molar-refractivity contribution in [3.8, 4) is 0 Å². The molecule has 5 rings (SSSR count). The van der Waals surface area contributed by atoms with E-state index in [1.807, 2.05) is 12.3 Å². The number of amides is 1. The Morgan fingerprint density at radius 3 is 2.50 bits per heavy atom. The topological polar surface area (TPSA) is 36.4 Å². The van der Waals surface area contributed by atoms with E-state index in [0.717, 1.165) is 67.1 Å². The first-order valence-electron chi connectivity index (χ1n) is 11.7. The standard InChI is InChI=1S/C26H29BrClN3O/c27-21-14-20-5-4-19-15-22(28)6-7-23(19)25(26(20)29-16-21)18-8-12-31(13-9-18)24(32)17-30-10-2-1-3-11-30/h6-7,14-16H,1-5,8-13,17H2. The third kappa shape index (κ3) is 4.66. The van der Waals surface area contributed by atoms with Gasteiger partial charge in [-0.05, 0) is 102 Å². The molecule has 0 radical (unpaired) electrons. The molecule has 4 nitrogen and oxygen atoms in total. The van der Waals surface area contributed by atoms with Gasteiger partial charge in [0.15, 0.2) is 0 Å². The van der Waals surface area contributed by atoms with Crippen LogP contribution < -0.4 is 0 Å². The molecular weight excluding hydrogens is 486 g/mol. The van der Waals surface area contributed by atoms with E-state index in [2.05, 4.69) is 43.9 Å². The molecule has 168 valence electrons. The van der Waals surface area contributed by atoms with Crippen LogP contribution in [0.3, 0.4) is 0 Å². The number of carbonyl (C=O) groups excluding carboxylic acids is 1. The minimum absolute atomic E-state index is 0.284. The molecule has 0 N–H and O–H groups in total. The van der Waals surface area contributed by atoms with Crippen molar-refractivity contribution in [1.29, 1.82) is 0 Å². The quantitative estimate of drug-likeness (QED) is 0.530. The summed E-state index contributed by atoms with van der Waals surface area (Å²) in [7, 11) is 0. The van der Waals surface area contributed by atoms with Crippen molar-refractivity contribution >= 4 is 39.0 Å². The summed E-state index contributed by atoms with van der Waals surface area (Å²) in [5, 5.41) is 0.784. The molecule has 3 heterocycles. The summed E-state index contributed by atoms with van der Waals surface area (Å²) in [6.45, 7) is 4.28. The second-order valence-corrected chi connectivity index (χ2v) is 10.5. The smallest absolute Gasteiger partial charge is 0.236 e. The zero-order chi connectivity index (χ0) is 22.1. The van der Waals surface area contributed by atoms with Crippen LogP contribution in [0.15, 0.2) is 40.5 Å². The maximum Gasteiger partial charge on any atom is 0.236 e. The number of nitrogens with zero attached hydrogens (tertiary/aromatic N) is 3. The molecule has 0 spiro atoms. The number of piperidine rings is 2. The molecule has 2 fully saturated rings. The highest BCUT2D eigenvalue weighted by Gasteiger charge is 2.27. The van der Waals surface area contributed by atoms with Crippen molar-refractivity contribution in [3.05, 3.63) is 67.9 Å². The van der Waals surface area contributed by atoms with E-state index in [-0.39, 0.29) is 5.91 Å². The summed E-state index contributed by atoms with van der Waals surface area (Å²) in [6, 6.07) is 8.46. The lowest BCUT2D eigenvalue weighted by Crippen LogP contribution is -2.44. The van der Waals surface area contributed by atoms with Crippen LogP contribution >= 0.6 is 27.5 Å². The zero-order valence-corrected chi connectivity index (χ0v) is 20.7. The van der Waals surface area contributed by atoms with Gasteiger partial charge >= 0.3 is 0 Å². The summed E-state index contributed by atoms with van der Waals surface area (Å²) in [5.74, 6) is 0.284. The SMILES string of the molecule is O=C(CN1CCCCC1)N1CCC(=C2c3ccc(Cl)cc3CCc3cc(Br)cnc32)CC1. The van der Waals surface area contributed by atoms with Crippen LogP contribution in [-0.2, 0) is 17.6 Å². The average Bonchev–Trinajstić information content (AvgIpc) is 2.96.